The Morgan fingerprint density at radius 2 is 1.82 bits per heavy atom. The second-order valence-electron chi connectivity index (χ2n) is 4.01. The fourth-order valence-corrected chi connectivity index (χ4v) is 2.30. The second-order valence-corrected chi connectivity index (χ2v) is 4.86. The van der Waals surface area contributed by atoms with Crippen molar-refractivity contribution in [2.45, 2.75) is 19.9 Å². The largest absolute Gasteiger partial charge is 0.466 e. The van der Waals surface area contributed by atoms with Gasteiger partial charge in [0, 0.05) is 15.6 Å². The number of benzene rings is 1. The van der Waals surface area contributed by atoms with Crippen molar-refractivity contribution in [2.75, 3.05) is 0 Å². The molecule has 0 aliphatic heterocycles. The van der Waals surface area contributed by atoms with E-state index in [0.717, 1.165) is 22.6 Å². The molecule has 1 atom stereocenters. The van der Waals surface area contributed by atoms with Gasteiger partial charge in [-0.3, -0.25) is 0 Å². The number of hydrogen-bond donors (Lipinski definition) is 1. The molecule has 0 amide bonds. The molecular weight excluding hydrogens is 257 g/mol. The highest BCUT2D eigenvalue weighted by molar-refractivity contribution is 6.33. The molecule has 1 aromatic heterocycles. The minimum Gasteiger partial charge on any atom is -0.466 e. The molecule has 90 valence electrons. The fourth-order valence-electron chi connectivity index (χ4n) is 1.88. The molecule has 2 rings (SSSR count). The quantitative estimate of drug-likeness (QED) is 0.885. The summed E-state index contributed by atoms with van der Waals surface area (Å²) in [5.74, 6) is 1.65. The highest BCUT2D eigenvalue weighted by atomic mass is 35.5. The minimum atomic E-state index is -0.321. The molecule has 1 aromatic carbocycles. The lowest BCUT2D eigenvalue weighted by Gasteiger charge is -2.13. The first-order valence-corrected chi connectivity index (χ1v) is 6.02. The summed E-state index contributed by atoms with van der Waals surface area (Å²) in [6, 6.07) is 6.89. The van der Waals surface area contributed by atoms with Gasteiger partial charge in [-0.1, -0.05) is 23.2 Å². The van der Waals surface area contributed by atoms with Crippen LogP contribution in [0.25, 0.3) is 0 Å². The molecule has 17 heavy (non-hydrogen) atoms. The molecule has 0 saturated heterocycles. The van der Waals surface area contributed by atoms with Gasteiger partial charge in [0.15, 0.2) is 0 Å². The zero-order chi connectivity index (χ0) is 12.6. The first-order chi connectivity index (χ1) is 7.99. The van der Waals surface area contributed by atoms with E-state index >= 15 is 0 Å². The van der Waals surface area contributed by atoms with Gasteiger partial charge in [-0.05, 0) is 43.7 Å². The SMILES string of the molecule is Cc1cc(C(N)c2cc(Cl)ccc2Cl)c(C)o1. The lowest BCUT2D eigenvalue weighted by molar-refractivity contribution is 0.499. The van der Waals surface area contributed by atoms with Crippen molar-refractivity contribution >= 4 is 23.2 Å². The lowest BCUT2D eigenvalue weighted by atomic mass is 10.00. The molecule has 0 bridgehead atoms. The van der Waals surface area contributed by atoms with Crippen molar-refractivity contribution in [3.8, 4) is 0 Å². The van der Waals surface area contributed by atoms with Crippen LogP contribution in [0.2, 0.25) is 10.0 Å². The zero-order valence-electron chi connectivity index (χ0n) is 9.63. The Morgan fingerprint density at radius 1 is 1.12 bits per heavy atom. The third kappa shape index (κ3) is 2.49. The van der Waals surface area contributed by atoms with Crippen LogP contribution in [0.4, 0.5) is 0 Å². The van der Waals surface area contributed by atoms with Gasteiger partial charge in [0.25, 0.3) is 0 Å². The van der Waals surface area contributed by atoms with Gasteiger partial charge in [0.1, 0.15) is 11.5 Å². The molecule has 2 N–H and O–H groups in total. The summed E-state index contributed by atoms with van der Waals surface area (Å²) in [5, 5.41) is 1.23. The van der Waals surface area contributed by atoms with E-state index in [9.17, 15) is 0 Å². The van der Waals surface area contributed by atoms with Crippen LogP contribution in [0.5, 0.6) is 0 Å². The molecule has 1 heterocycles. The molecule has 0 aliphatic carbocycles. The van der Waals surface area contributed by atoms with Gasteiger partial charge < -0.3 is 10.2 Å². The minimum absolute atomic E-state index is 0.321. The number of halogens is 2. The molecule has 0 aliphatic rings. The van der Waals surface area contributed by atoms with Gasteiger partial charge in [-0.15, -0.1) is 0 Å². The van der Waals surface area contributed by atoms with Crippen LogP contribution >= 0.6 is 23.2 Å². The Morgan fingerprint density at radius 3 is 2.41 bits per heavy atom. The summed E-state index contributed by atoms with van der Waals surface area (Å²) in [5.41, 5.74) is 7.94. The standard InChI is InChI=1S/C13H13Cl2NO/c1-7-5-10(8(2)17-7)13(16)11-6-9(14)3-4-12(11)15/h3-6,13H,16H2,1-2H3. The van der Waals surface area contributed by atoms with Gasteiger partial charge >= 0.3 is 0 Å². The average Bonchev–Trinajstić information content (AvgIpc) is 2.60. The maximum atomic E-state index is 6.20. The summed E-state index contributed by atoms with van der Waals surface area (Å²) in [6.45, 7) is 3.78. The molecule has 0 fully saturated rings. The van der Waals surface area contributed by atoms with Crippen molar-refractivity contribution in [1.82, 2.24) is 0 Å². The first kappa shape index (κ1) is 12.5. The molecule has 2 aromatic rings. The Hall–Kier alpha value is -0.960. The first-order valence-electron chi connectivity index (χ1n) is 5.26. The van der Waals surface area contributed by atoms with Crippen LogP contribution in [0, 0.1) is 13.8 Å². The molecule has 0 saturated carbocycles. The molecule has 0 spiro atoms. The highest BCUT2D eigenvalue weighted by Crippen LogP contribution is 2.31. The fraction of sp³-hybridized carbons (Fsp3) is 0.231. The Balaban J connectivity index is 2.46. The summed E-state index contributed by atoms with van der Waals surface area (Å²) in [6.07, 6.45) is 0. The van der Waals surface area contributed by atoms with Crippen LogP contribution in [0.1, 0.15) is 28.7 Å². The zero-order valence-corrected chi connectivity index (χ0v) is 11.1. The Labute approximate surface area is 110 Å². The summed E-state index contributed by atoms with van der Waals surface area (Å²) in [4.78, 5) is 0. The van der Waals surface area contributed by atoms with E-state index in [4.69, 9.17) is 33.4 Å². The summed E-state index contributed by atoms with van der Waals surface area (Å²) in [7, 11) is 0. The van der Waals surface area contributed by atoms with Crippen LogP contribution in [0.15, 0.2) is 28.7 Å². The van der Waals surface area contributed by atoms with E-state index in [1.165, 1.54) is 0 Å². The van der Waals surface area contributed by atoms with Crippen molar-refractivity contribution in [3.05, 3.63) is 57.0 Å². The topological polar surface area (TPSA) is 39.2 Å². The average molecular weight is 270 g/mol. The van der Waals surface area contributed by atoms with Gasteiger partial charge in [0.2, 0.25) is 0 Å². The number of aryl methyl sites for hydroxylation is 2. The van der Waals surface area contributed by atoms with Gasteiger partial charge in [0.05, 0.1) is 6.04 Å². The molecular formula is C13H13Cl2NO. The van der Waals surface area contributed by atoms with Crippen LogP contribution in [-0.4, -0.2) is 0 Å². The van der Waals surface area contributed by atoms with Crippen LogP contribution < -0.4 is 5.73 Å². The van der Waals surface area contributed by atoms with E-state index in [0.29, 0.717) is 10.0 Å². The second kappa shape index (κ2) is 4.73. The van der Waals surface area contributed by atoms with E-state index in [2.05, 4.69) is 0 Å². The van der Waals surface area contributed by atoms with Gasteiger partial charge in [-0.2, -0.15) is 0 Å². The summed E-state index contributed by atoms with van der Waals surface area (Å²) < 4.78 is 5.47. The Bertz CT molecular complexity index is 548. The van der Waals surface area contributed by atoms with E-state index < -0.39 is 0 Å². The number of hydrogen-bond acceptors (Lipinski definition) is 2. The summed E-state index contributed by atoms with van der Waals surface area (Å²) >= 11 is 12.1. The Kier molecular flexibility index (Phi) is 3.48. The van der Waals surface area contributed by atoms with Gasteiger partial charge in [-0.25, -0.2) is 0 Å². The van der Waals surface area contributed by atoms with Crippen molar-refractivity contribution in [2.24, 2.45) is 5.73 Å². The molecule has 4 heteroatoms. The van der Waals surface area contributed by atoms with E-state index in [-0.39, 0.29) is 6.04 Å². The molecule has 2 nitrogen and oxygen atoms in total. The maximum Gasteiger partial charge on any atom is 0.106 e. The lowest BCUT2D eigenvalue weighted by Crippen LogP contribution is -2.12. The number of furan rings is 1. The number of rotatable bonds is 2. The smallest absolute Gasteiger partial charge is 0.106 e. The monoisotopic (exact) mass is 269 g/mol. The van der Waals surface area contributed by atoms with E-state index in [1.54, 1.807) is 18.2 Å². The predicted octanol–water partition coefficient (Wildman–Crippen LogP) is 4.25. The van der Waals surface area contributed by atoms with Crippen LogP contribution in [0.3, 0.4) is 0 Å². The molecule has 0 radical (unpaired) electrons. The third-order valence-corrected chi connectivity index (χ3v) is 3.29. The predicted molar refractivity (Wildman–Crippen MR) is 70.7 cm³/mol. The van der Waals surface area contributed by atoms with Crippen molar-refractivity contribution in [1.29, 1.82) is 0 Å². The van der Waals surface area contributed by atoms with Crippen LogP contribution in [-0.2, 0) is 0 Å². The van der Waals surface area contributed by atoms with Crippen molar-refractivity contribution < 1.29 is 4.42 Å². The molecule has 1 unspecified atom stereocenters. The normalized spacial score (nSPS) is 12.8. The van der Waals surface area contributed by atoms with Crippen molar-refractivity contribution in [3.63, 3.8) is 0 Å². The number of nitrogens with two attached hydrogens (primary N) is 1. The third-order valence-electron chi connectivity index (χ3n) is 2.71. The maximum absolute atomic E-state index is 6.20. The highest BCUT2D eigenvalue weighted by Gasteiger charge is 2.17. The van der Waals surface area contributed by atoms with E-state index in [1.807, 2.05) is 19.9 Å².